The smallest absolute Gasteiger partial charge is 0.0498 e. The molecule has 1 aromatic carbocycles. The highest BCUT2D eigenvalue weighted by Crippen LogP contribution is 2.21. The normalized spacial score (nSPS) is 13.2. The average Bonchev–Trinajstić information content (AvgIpc) is 2.61. The molecule has 0 saturated carbocycles. The Morgan fingerprint density at radius 2 is 2.27 bits per heavy atom. The molecule has 0 aliphatic carbocycles. The van der Waals surface area contributed by atoms with E-state index in [0.717, 1.165) is 22.2 Å². The Labute approximate surface area is 91.1 Å². The van der Waals surface area contributed by atoms with Crippen LogP contribution in [0.4, 0.5) is 0 Å². The number of aromatic amines is 1. The van der Waals surface area contributed by atoms with Gasteiger partial charge in [0.1, 0.15) is 0 Å². The summed E-state index contributed by atoms with van der Waals surface area (Å²) in [4.78, 5) is 4.05. The summed E-state index contributed by atoms with van der Waals surface area (Å²) in [5, 5.41) is 1.13. The molecule has 0 aliphatic rings. The lowest BCUT2D eigenvalue weighted by atomic mass is 10.1. The molecular formula is C11H14N2OS. The molecule has 15 heavy (non-hydrogen) atoms. The van der Waals surface area contributed by atoms with E-state index in [1.165, 1.54) is 5.56 Å². The molecule has 3 nitrogen and oxygen atoms in total. The van der Waals surface area contributed by atoms with Crippen LogP contribution in [-0.2, 0) is 17.2 Å². The van der Waals surface area contributed by atoms with Gasteiger partial charge in [-0.2, -0.15) is 0 Å². The zero-order valence-corrected chi connectivity index (χ0v) is 9.43. The molecule has 1 heterocycles. The lowest BCUT2D eigenvalue weighted by Crippen LogP contribution is -2.01. The van der Waals surface area contributed by atoms with Gasteiger partial charge in [-0.15, -0.1) is 0 Å². The van der Waals surface area contributed by atoms with E-state index < -0.39 is 10.8 Å². The van der Waals surface area contributed by atoms with Gasteiger partial charge in [-0.3, -0.25) is 4.21 Å². The molecule has 1 atom stereocenters. The van der Waals surface area contributed by atoms with Gasteiger partial charge in [0.05, 0.1) is 0 Å². The number of nitrogens with one attached hydrogen (secondary N) is 1. The number of aromatic nitrogens is 1. The highest BCUT2D eigenvalue weighted by Gasteiger charge is 2.05. The third-order valence-electron chi connectivity index (χ3n) is 2.48. The first-order valence-electron chi connectivity index (χ1n) is 4.86. The first-order valence-corrected chi connectivity index (χ1v) is 6.41. The number of nitrogens with two attached hydrogens (primary N) is 1. The molecule has 80 valence electrons. The van der Waals surface area contributed by atoms with E-state index in [1.807, 2.05) is 24.4 Å². The van der Waals surface area contributed by atoms with Crippen LogP contribution < -0.4 is 5.73 Å². The predicted octanol–water partition coefficient (Wildman–Crippen LogP) is 1.41. The van der Waals surface area contributed by atoms with E-state index in [9.17, 15) is 4.21 Å². The second kappa shape index (κ2) is 4.16. The summed E-state index contributed by atoms with van der Waals surface area (Å²) >= 11 is 0. The number of benzene rings is 1. The summed E-state index contributed by atoms with van der Waals surface area (Å²) in [5.41, 5.74) is 7.81. The lowest BCUT2D eigenvalue weighted by molar-refractivity contribution is 0.687. The third kappa shape index (κ3) is 1.96. The fraction of sp³-hybridized carbons (Fsp3) is 0.273. The van der Waals surface area contributed by atoms with E-state index in [-0.39, 0.29) is 0 Å². The third-order valence-corrected chi connectivity index (χ3v) is 3.40. The van der Waals surface area contributed by atoms with Crippen molar-refractivity contribution in [2.45, 2.75) is 11.3 Å². The van der Waals surface area contributed by atoms with Crippen molar-refractivity contribution in [1.82, 2.24) is 4.98 Å². The molecule has 1 aromatic heterocycles. The highest BCUT2D eigenvalue weighted by atomic mass is 32.2. The van der Waals surface area contributed by atoms with Crippen molar-refractivity contribution in [2.75, 3.05) is 12.8 Å². The van der Waals surface area contributed by atoms with Gasteiger partial charge >= 0.3 is 0 Å². The lowest BCUT2D eigenvalue weighted by Gasteiger charge is -1.99. The second-order valence-corrected chi connectivity index (χ2v) is 4.89. The maximum atomic E-state index is 11.4. The van der Waals surface area contributed by atoms with Crippen LogP contribution in [0.15, 0.2) is 29.3 Å². The van der Waals surface area contributed by atoms with Crippen molar-refractivity contribution in [3.8, 4) is 0 Å². The van der Waals surface area contributed by atoms with Crippen molar-refractivity contribution in [3.05, 3.63) is 30.0 Å². The second-order valence-electron chi connectivity index (χ2n) is 3.51. The first-order chi connectivity index (χ1) is 7.22. The van der Waals surface area contributed by atoms with E-state index in [2.05, 4.69) is 4.98 Å². The Morgan fingerprint density at radius 3 is 2.93 bits per heavy atom. The SMILES string of the molecule is CS(=O)c1ccc2[nH]cc(CCN)c2c1. The van der Waals surface area contributed by atoms with Crippen molar-refractivity contribution < 1.29 is 4.21 Å². The minimum atomic E-state index is -0.926. The Kier molecular flexibility index (Phi) is 2.88. The van der Waals surface area contributed by atoms with Crippen LogP contribution in [-0.4, -0.2) is 22.0 Å². The summed E-state index contributed by atoms with van der Waals surface area (Å²) < 4.78 is 11.4. The highest BCUT2D eigenvalue weighted by molar-refractivity contribution is 7.84. The topological polar surface area (TPSA) is 58.9 Å². The molecule has 2 rings (SSSR count). The van der Waals surface area contributed by atoms with Gasteiger partial charge in [0, 0.05) is 39.1 Å². The van der Waals surface area contributed by atoms with E-state index in [1.54, 1.807) is 6.26 Å². The molecule has 2 aromatic rings. The summed E-state index contributed by atoms with van der Waals surface area (Å²) in [6.07, 6.45) is 4.51. The van der Waals surface area contributed by atoms with Crippen molar-refractivity contribution >= 4 is 21.7 Å². The number of fused-ring (bicyclic) bond motifs is 1. The molecule has 0 fully saturated rings. The summed E-state index contributed by atoms with van der Waals surface area (Å²) in [6, 6.07) is 5.83. The van der Waals surface area contributed by atoms with Crippen LogP contribution in [0.5, 0.6) is 0 Å². The quantitative estimate of drug-likeness (QED) is 0.825. The van der Waals surface area contributed by atoms with Gasteiger partial charge in [0.15, 0.2) is 0 Å². The van der Waals surface area contributed by atoms with Crippen LogP contribution >= 0.6 is 0 Å². The molecule has 0 spiro atoms. The molecule has 4 heteroatoms. The van der Waals surface area contributed by atoms with Gasteiger partial charge in [-0.1, -0.05) is 0 Å². The first kappa shape index (κ1) is 10.4. The maximum Gasteiger partial charge on any atom is 0.0498 e. The van der Waals surface area contributed by atoms with Gasteiger partial charge in [-0.05, 0) is 36.7 Å². The molecule has 0 radical (unpaired) electrons. The molecule has 0 bridgehead atoms. The summed E-state index contributed by atoms with van der Waals surface area (Å²) in [6.45, 7) is 0.631. The van der Waals surface area contributed by atoms with Crippen LogP contribution in [0.2, 0.25) is 0 Å². The number of H-pyrrole nitrogens is 1. The maximum absolute atomic E-state index is 11.4. The van der Waals surface area contributed by atoms with E-state index in [0.29, 0.717) is 6.54 Å². The van der Waals surface area contributed by atoms with E-state index >= 15 is 0 Å². The van der Waals surface area contributed by atoms with Gasteiger partial charge in [0.25, 0.3) is 0 Å². The largest absolute Gasteiger partial charge is 0.361 e. The van der Waals surface area contributed by atoms with Gasteiger partial charge in [-0.25, -0.2) is 0 Å². The van der Waals surface area contributed by atoms with E-state index in [4.69, 9.17) is 5.73 Å². The Hall–Kier alpha value is -1.13. The fourth-order valence-corrected chi connectivity index (χ4v) is 2.24. The molecular weight excluding hydrogens is 208 g/mol. The number of hydrogen-bond donors (Lipinski definition) is 2. The molecule has 0 aliphatic heterocycles. The molecule has 0 amide bonds. The molecule has 3 N–H and O–H groups in total. The predicted molar refractivity (Wildman–Crippen MR) is 63.4 cm³/mol. The Morgan fingerprint density at radius 1 is 1.47 bits per heavy atom. The summed E-state index contributed by atoms with van der Waals surface area (Å²) in [5.74, 6) is 0. The van der Waals surface area contributed by atoms with Crippen LogP contribution in [0, 0.1) is 0 Å². The van der Waals surface area contributed by atoms with Crippen molar-refractivity contribution in [1.29, 1.82) is 0 Å². The monoisotopic (exact) mass is 222 g/mol. The van der Waals surface area contributed by atoms with Crippen LogP contribution in [0.25, 0.3) is 10.9 Å². The summed E-state index contributed by atoms with van der Waals surface area (Å²) in [7, 11) is -0.926. The van der Waals surface area contributed by atoms with Gasteiger partial charge < -0.3 is 10.7 Å². The van der Waals surface area contributed by atoms with Crippen molar-refractivity contribution in [3.63, 3.8) is 0 Å². The Balaban J connectivity index is 2.56. The zero-order chi connectivity index (χ0) is 10.8. The van der Waals surface area contributed by atoms with Crippen LogP contribution in [0.3, 0.4) is 0 Å². The molecule has 0 saturated heterocycles. The number of hydrogen-bond acceptors (Lipinski definition) is 2. The minimum absolute atomic E-state index is 0.631. The van der Waals surface area contributed by atoms with Crippen molar-refractivity contribution in [2.24, 2.45) is 5.73 Å². The van der Waals surface area contributed by atoms with Gasteiger partial charge in [0.2, 0.25) is 0 Å². The fourth-order valence-electron chi connectivity index (χ4n) is 1.70. The Bertz CT molecular complexity index is 504. The minimum Gasteiger partial charge on any atom is -0.361 e. The number of rotatable bonds is 3. The molecule has 1 unspecified atom stereocenters. The average molecular weight is 222 g/mol. The zero-order valence-electron chi connectivity index (χ0n) is 8.62. The van der Waals surface area contributed by atoms with Crippen LogP contribution in [0.1, 0.15) is 5.56 Å². The standard InChI is InChI=1S/C11H14N2OS/c1-15(14)9-2-3-11-10(6-9)8(4-5-12)7-13-11/h2-3,6-7,13H,4-5,12H2,1H3.